The molecule has 2 nitrogen and oxygen atoms in total. The van der Waals surface area contributed by atoms with Gasteiger partial charge in [-0.15, -0.1) is 0 Å². The van der Waals surface area contributed by atoms with Crippen molar-refractivity contribution in [2.75, 3.05) is 13.1 Å². The molecule has 0 aromatic carbocycles. The fourth-order valence-electron chi connectivity index (χ4n) is 3.35. The van der Waals surface area contributed by atoms with Crippen molar-refractivity contribution in [2.24, 2.45) is 17.8 Å². The summed E-state index contributed by atoms with van der Waals surface area (Å²) in [4.78, 5) is 2.81. The van der Waals surface area contributed by atoms with Crippen LogP contribution in [-0.4, -0.2) is 36.1 Å². The lowest BCUT2D eigenvalue weighted by molar-refractivity contribution is 0.0444. The van der Waals surface area contributed by atoms with E-state index in [1.807, 2.05) is 0 Å². The number of piperazine rings is 1. The van der Waals surface area contributed by atoms with Crippen LogP contribution in [-0.2, 0) is 0 Å². The molecule has 0 aliphatic carbocycles. The summed E-state index contributed by atoms with van der Waals surface area (Å²) >= 11 is 0. The third-order valence-electron chi connectivity index (χ3n) is 5.25. The number of nitrogens with zero attached hydrogens (tertiary/aromatic N) is 1. The minimum Gasteiger partial charge on any atom is -0.311 e. The van der Waals surface area contributed by atoms with Crippen LogP contribution < -0.4 is 5.32 Å². The van der Waals surface area contributed by atoms with Crippen LogP contribution >= 0.6 is 0 Å². The number of nitrogens with one attached hydrogen (secondary N) is 1. The van der Waals surface area contributed by atoms with E-state index >= 15 is 0 Å². The minimum atomic E-state index is 0.677. The van der Waals surface area contributed by atoms with E-state index in [0.717, 1.165) is 23.8 Å². The van der Waals surface area contributed by atoms with E-state index in [1.54, 1.807) is 0 Å². The van der Waals surface area contributed by atoms with Gasteiger partial charge in [-0.25, -0.2) is 0 Å². The highest BCUT2D eigenvalue weighted by atomic mass is 15.3. The van der Waals surface area contributed by atoms with E-state index in [9.17, 15) is 0 Å². The van der Waals surface area contributed by atoms with Crippen LogP contribution in [0.15, 0.2) is 0 Å². The van der Waals surface area contributed by atoms with Gasteiger partial charge in [0.25, 0.3) is 0 Å². The lowest BCUT2D eigenvalue weighted by Gasteiger charge is -2.47. The fraction of sp³-hybridized carbons (Fsp3) is 1.00. The smallest absolute Gasteiger partial charge is 0.0247 e. The molecule has 120 valence electrons. The van der Waals surface area contributed by atoms with Crippen molar-refractivity contribution < 1.29 is 0 Å². The van der Waals surface area contributed by atoms with Crippen molar-refractivity contribution in [1.29, 1.82) is 0 Å². The molecule has 1 saturated heterocycles. The molecule has 1 N–H and O–H groups in total. The van der Waals surface area contributed by atoms with Gasteiger partial charge in [-0.3, -0.25) is 4.90 Å². The van der Waals surface area contributed by atoms with Gasteiger partial charge in [0, 0.05) is 31.2 Å². The third kappa shape index (κ3) is 5.04. The second-order valence-corrected chi connectivity index (χ2v) is 7.73. The van der Waals surface area contributed by atoms with Gasteiger partial charge >= 0.3 is 0 Å². The molecule has 0 bridgehead atoms. The maximum Gasteiger partial charge on any atom is 0.0247 e. The topological polar surface area (TPSA) is 15.3 Å². The van der Waals surface area contributed by atoms with E-state index in [2.05, 4.69) is 58.7 Å². The Labute approximate surface area is 127 Å². The zero-order valence-electron chi connectivity index (χ0n) is 14.9. The first kappa shape index (κ1) is 18.0. The molecule has 20 heavy (non-hydrogen) atoms. The van der Waals surface area contributed by atoms with Gasteiger partial charge < -0.3 is 5.32 Å². The number of hydrogen-bond donors (Lipinski definition) is 1. The number of rotatable bonds is 7. The second kappa shape index (κ2) is 8.38. The highest BCUT2D eigenvalue weighted by molar-refractivity contribution is 4.91. The zero-order chi connectivity index (χ0) is 15.3. The predicted octanol–water partition coefficient (Wildman–Crippen LogP) is 4.16. The third-order valence-corrected chi connectivity index (χ3v) is 5.25. The Morgan fingerprint density at radius 2 is 1.70 bits per heavy atom. The van der Waals surface area contributed by atoms with E-state index in [0.29, 0.717) is 12.1 Å². The quantitative estimate of drug-likeness (QED) is 0.754. The van der Waals surface area contributed by atoms with E-state index in [-0.39, 0.29) is 0 Å². The first-order valence-corrected chi connectivity index (χ1v) is 8.85. The van der Waals surface area contributed by atoms with E-state index in [4.69, 9.17) is 0 Å². The van der Waals surface area contributed by atoms with Crippen molar-refractivity contribution in [3.05, 3.63) is 0 Å². The molecule has 0 aromatic rings. The predicted molar refractivity (Wildman–Crippen MR) is 90.1 cm³/mol. The summed E-state index contributed by atoms with van der Waals surface area (Å²) in [6.07, 6.45) is 3.97. The Bertz CT molecular complexity index is 262. The summed E-state index contributed by atoms with van der Waals surface area (Å²) in [6.45, 7) is 19.0. The van der Waals surface area contributed by atoms with Crippen LogP contribution in [0.2, 0.25) is 0 Å². The Morgan fingerprint density at radius 3 is 2.20 bits per heavy atom. The Balaban J connectivity index is 2.67. The van der Waals surface area contributed by atoms with Crippen molar-refractivity contribution in [1.82, 2.24) is 10.2 Å². The SMILES string of the molecule is CCC(C)C1CN(C(C)CCC(C)C)C(C(C)C)CN1. The first-order chi connectivity index (χ1) is 9.36. The van der Waals surface area contributed by atoms with E-state index < -0.39 is 0 Å². The van der Waals surface area contributed by atoms with Gasteiger partial charge in [0.2, 0.25) is 0 Å². The maximum absolute atomic E-state index is 3.81. The van der Waals surface area contributed by atoms with Crippen LogP contribution in [0.3, 0.4) is 0 Å². The molecule has 0 spiro atoms. The second-order valence-electron chi connectivity index (χ2n) is 7.73. The Kier molecular flexibility index (Phi) is 7.53. The van der Waals surface area contributed by atoms with Gasteiger partial charge in [-0.05, 0) is 37.5 Å². The van der Waals surface area contributed by atoms with Crippen LogP contribution in [0.5, 0.6) is 0 Å². The van der Waals surface area contributed by atoms with Crippen LogP contribution in [0.4, 0.5) is 0 Å². The molecule has 1 fully saturated rings. The summed E-state index contributed by atoms with van der Waals surface area (Å²) in [5.74, 6) is 2.34. The summed E-state index contributed by atoms with van der Waals surface area (Å²) in [5, 5.41) is 3.81. The maximum atomic E-state index is 3.81. The average molecular weight is 283 g/mol. The molecule has 4 unspecified atom stereocenters. The van der Waals surface area contributed by atoms with Crippen molar-refractivity contribution >= 4 is 0 Å². The standard InChI is InChI=1S/C18H38N2/c1-8-15(6)17-12-20(16(7)10-9-13(2)3)18(11-19-17)14(4)5/h13-19H,8-12H2,1-7H3. The van der Waals surface area contributed by atoms with E-state index in [1.165, 1.54) is 32.4 Å². The fourth-order valence-corrected chi connectivity index (χ4v) is 3.35. The summed E-state index contributed by atoms with van der Waals surface area (Å²) in [7, 11) is 0. The lowest BCUT2D eigenvalue weighted by atomic mass is 9.90. The normalized spacial score (nSPS) is 28.1. The van der Waals surface area contributed by atoms with Gasteiger partial charge in [0.15, 0.2) is 0 Å². The lowest BCUT2D eigenvalue weighted by Crippen LogP contribution is -2.62. The number of hydrogen-bond acceptors (Lipinski definition) is 2. The zero-order valence-corrected chi connectivity index (χ0v) is 14.9. The van der Waals surface area contributed by atoms with Crippen molar-refractivity contribution in [3.63, 3.8) is 0 Å². The monoisotopic (exact) mass is 282 g/mol. The van der Waals surface area contributed by atoms with Gasteiger partial charge in [0.1, 0.15) is 0 Å². The van der Waals surface area contributed by atoms with Gasteiger partial charge in [0.05, 0.1) is 0 Å². The van der Waals surface area contributed by atoms with Crippen molar-refractivity contribution in [3.8, 4) is 0 Å². The molecule has 0 radical (unpaired) electrons. The van der Waals surface area contributed by atoms with Crippen LogP contribution in [0.25, 0.3) is 0 Å². The molecular weight excluding hydrogens is 244 g/mol. The summed E-state index contributed by atoms with van der Waals surface area (Å²) in [6, 6.07) is 2.10. The highest BCUT2D eigenvalue weighted by Crippen LogP contribution is 2.24. The molecule has 2 heteroatoms. The van der Waals surface area contributed by atoms with Crippen LogP contribution in [0.1, 0.15) is 67.7 Å². The van der Waals surface area contributed by atoms with Crippen LogP contribution in [0, 0.1) is 17.8 Å². The molecule has 0 aromatic heterocycles. The van der Waals surface area contributed by atoms with Gasteiger partial charge in [-0.2, -0.15) is 0 Å². The molecule has 0 saturated carbocycles. The molecule has 1 heterocycles. The molecule has 4 atom stereocenters. The highest BCUT2D eigenvalue weighted by Gasteiger charge is 2.34. The molecule has 1 rings (SSSR count). The Morgan fingerprint density at radius 1 is 1.05 bits per heavy atom. The molecular formula is C18H38N2. The van der Waals surface area contributed by atoms with Gasteiger partial charge in [-0.1, -0.05) is 48.0 Å². The minimum absolute atomic E-state index is 0.677. The Hall–Kier alpha value is -0.0800. The first-order valence-electron chi connectivity index (χ1n) is 8.85. The summed E-state index contributed by atoms with van der Waals surface area (Å²) < 4.78 is 0. The average Bonchev–Trinajstić information content (AvgIpc) is 2.42. The molecule has 1 aliphatic heterocycles. The largest absolute Gasteiger partial charge is 0.311 e. The van der Waals surface area contributed by atoms with Crippen molar-refractivity contribution in [2.45, 2.75) is 85.9 Å². The molecule has 1 aliphatic rings. The summed E-state index contributed by atoms with van der Waals surface area (Å²) in [5.41, 5.74) is 0. The molecule has 0 amide bonds.